The Morgan fingerprint density at radius 1 is 0.481 bits per heavy atom. The summed E-state index contributed by atoms with van der Waals surface area (Å²) < 4.78 is 0. The first kappa shape index (κ1) is 27.1. The summed E-state index contributed by atoms with van der Waals surface area (Å²) in [7, 11) is 0. The number of hydrogen-bond donors (Lipinski definition) is 0. The Kier molecular flexibility index (Phi) is 19.5. The second-order valence-corrected chi connectivity index (χ2v) is 8.00. The van der Waals surface area contributed by atoms with Gasteiger partial charge in [0, 0.05) is 62.5 Å². The molecule has 160 valence electrons. The van der Waals surface area contributed by atoms with Crippen LogP contribution in [0.4, 0.5) is 0 Å². The normalized spacial score (nSPS) is 10.8. The van der Waals surface area contributed by atoms with E-state index in [-0.39, 0.29) is 11.8 Å². The van der Waals surface area contributed by atoms with Crippen molar-refractivity contribution in [2.75, 3.05) is 49.7 Å². The van der Waals surface area contributed by atoms with E-state index in [4.69, 9.17) is 46.4 Å². The summed E-state index contributed by atoms with van der Waals surface area (Å²) in [5.74, 6) is 2.07. The third kappa shape index (κ3) is 14.7. The lowest BCUT2D eigenvalue weighted by Crippen LogP contribution is -2.34. The van der Waals surface area contributed by atoms with Gasteiger partial charge in [0.2, 0.25) is 11.8 Å². The molecule has 27 heavy (non-hydrogen) atoms. The van der Waals surface area contributed by atoms with Crippen molar-refractivity contribution in [3.8, 4) is 0 Å². The number of halogens is 4. The summed E-state index contributed by atoms with van der Waals surface area (Å²) in [5.41, 5.74) is 0. The Morgan fingerprint density at radius 2 is 0.741 bits per heavy atom. The maximum atomic E-state index is 12.1. The fourth-order valence-corrected chi connectivity index (χ4v) is 3.70. The molecule has 0 fully saturated rings. The second kappa shape index (κ2) is 19.4. The third-order valence-electron chi connectivity index (χ3n) is 4.40. The number of hydrogen-bond acceptors (Lipinski definition) is 2. The lowest BCUT2D eigenvalue weighted by atomic mass is 10.1. The van der Waals surface area contributed by atoms with E-state index >= 15 is 0 Å². The van der Waals surface area contributed by atoms with E-state index < -0.39 is 0 Å². The molecule has 0 aromatic rings. The Hall–Kier alpha value is 0.1000. The predicted octanol–water partition coefficient (Wildman–Crippen LogP) is 5.11. The molecule has 0 saturated heterocycles. The summed E-state index contributed by atoms with van der Waals surface area (Å²) in [4.78, 5) is 27.6. The van der Waals surface area contributed by atoms with Crippen molar-refractivity contribution in [2.24, 2.45) is 0 Å². The van der Waals surface area contributed by atoms with Gasteiger partial charge in [-0.05, 0) is 12.8 Å². The lowest BCUT2D eigenvalue weighted by molar-refractivity contribution is -0.131. The molecule has 4 nitrogen and oxygen atoms in total. The van der Waals surface area contributed by atoms with Gasteiger partial charge in [0.05, 0.1) is 0 Å². The highest BCUT2D eigenvalue weighted by molar-refractivity contribution is 6.19. The summed E-state index contributed by atoms with van der Waals surface area (Å²) in [6, 6.07) is 0. The maximum absolute atomic E-state index is 12.1. The van der Waals surface area contributed by atoms with Crippen LogP contribution >= 0.6 is 46.4 Å². The van der Waals surface area contributed by atoms with Crippen LogP contribution in [0.2, 0.25) is 0 Å². The number of carbonyl (C=O) groups is 2. The van der Waals surface area contributed by atoms with E-state index in [1.165, 1.54) is 0 Å². The van der Waals surface area contributed by atoms with Crippen LogP contribution in [0.3, 0.4) is 0 Å². The van der Waals surface area contributed by atoms with Crippen molar-refractivity contribution in [1.29, 1.82) is 0 Å². The topological polar surface area (TPSA) is 40.6 Å². The molecular formula is C19H34Cl4N2O2. The molecule has 0 aliphatic carbocycles. The van der Waals surface area contributed by atoms with Gasteiger partial charge in [-0.15, -0.1) is 46.4 Å². The van der Waals surface area contributed by atoms with E-state index in [9.17, 15) is 9.59 Å². The minimum atomic E-state index is 0.147. The van der Waals surface area contributed by atoms with Gasteiger partial charge in [-0.2, -0.15) is 0 Å². The predicted molar refractivity (Wildman–Crippen MR) is 118 cm³/mol. The number of unbranched alkanes of at least 4 members (excludes halogenated alkanes) is 6. The molecule has 0 bridgehead atoms. The molecule has 0 rings (SSSR count). The molecule has 0 unspecified atom stereocenters. The van der Waals surface area contributed by atoms with Crippen LogP contribution in [0.15, 0.2) is 0 Å². The number of rotatable bonds is 18. The van der Waals surface area contributed by atoms with Crippen LogP contribution in [-0.4, -0.2) is 71.3 Å². The molecule has 0 radical (unpaired) electrons. The molecule has 0 aliphatic rings. The summed E-state index contributed by atoms with van der Waals surface area (Å²) in [5, 5.41) is 0. The van der Waals surface area contributed by atoms with Gasteiger partial charge in [0.25, 0.3) is 0 Å². The molecule has 8 heteroatoms. The van der Waals surface area contributed by atoms with Crippen molar-refractivity contribution in [3.63, 3.8) is 0 Å². The zero-order valence-corrected chi connectivity index (χ0v) is 19.3. The first-order valence-electron chi connectivity index (χ1n) is 9.90. The molecule has 0 spiro atoms. The monoisotopic (exact) mass is 462 g/mol. The first-order valence-corrected chi connectivity index (χ1v) is 12.0. The van der Waals surface area contributed by atoms with Gasteiger partial charge < -0.3 is 9.80 Å². The molecular weight excluding hydrogens is 430 g/mol. The van der Waals surface area contributed by atoms with Gasteiger partial charge in [-0.1, -0.05) is 32.1 Å². The third-order valence-corrected chi connectivity index (χ3v) is 5.08. The highest BCUT2D eigenvalue weighted by Crippen LogP contribution is 2.12. The van der Waals surface area contributed by atoms with Gasteiger partial charge >= 0.3 is 0 Å². The maximum Gasteiger partial charge on any atom is 0.222 e. The first-order chi connectivity index (χ1) is 13.1. The summed E-state index contributed by atoms with van der Waals surface area (Å²) in [6.45, 7) is 2.27. The smallest absolute Gasteiger partial charge is 0.222 e. The molecule has 2 amide bonds. The van der Waals surface area contributed by atoms with Gasteiger partial charge in [0.1, 0.15) is 0 Å². The number of carbonyl (C=O) groups excluding carboxylic acids is 2. The number of amides is 2. The van der Waals surface area contributed by atoms with Crippen LogP contribution in [0.25, 0.3) is 0 Å². The summed E-state index contributed by atoms with van der Waals surface area (Å²) >= 11 is 22.9. The summed E-state index contributed by atoms with van der Waals surface area (Å²) in [6.07, 6.45) is 8.45. The van der Waals surface area contributed by atoms with Crippen molar-refractivity contribution in [1.82, 2.24) is 9.80 Å². The van der Waals surface area contributed by atoms with Crippen LogP contribution in [-0.2, 0) is 9.59 Å². The molecule has 0 atom stereocenters. The van der Waals surface area contributed by atoms with E-state index in [0.29, 0.717) is 62.5 Å². The van der Waals surface area contributed by atoms with Crippen molar-refractivity contribution < 1.29 is 9.59 Å². The average molecular weight is 464 g/mol. The van der Waals surface area contributed by atoms with E-state index in [0.717, 1.165) is 44.9 Å². The van der Waals surface area contributed by atoms with Crippen LogP contribution < -0.4 is 0 Å². The average Bonchev–Trinajstić information content (AvgIpc) is 2.66. The highest BCUT2D eigenvalue weighted by Gasteiger charge is 2.12. The fraction of sp³-hybridized carbons (Fsp3) is 0.895. The molecule has 0 aromatic heterocycles. The van der Waals surface area contributed by atoms with Crippen molar-refractivity contribution in [2.45, 2.75) is 57.8 Å². The molecule has 0 N–H and O–H groups in total. The van der Waals surface area contributed by atoms with E-state index in [1.807, 2.05) is 0 Å². The minimum absolute atomic E-state index is 0.147. The number of nitrogens with zero attached hydrogens (tertiary/aromatic N) is 2. The second-order valence-electron chi connectivity index (χ2n) is 6.49. The molecule has 0 aromatic carbocycles. The van der Waals surface area contributed by atoms with Gasteiger partial charge in [0.15, 0.2) is 0 Å². The minimum Gasteiger partial charge on any atom is -0.340 e. The van der Waals surface area contributed by atoms with Crippen LogP contribution in [0.5, 0.6) is 0 Å². The standard InChI is InChI=1S/C19H34Cl4N2O2/c20-10-14-24(15-11-21)18(26)8-6-4-2-1-3-5-7-9-19(27)25(16-12-22)17-13-23/h1-17H2. The molecule has 0 heterocycles. The fourth-order valence-electron chi connectivity index (χ4n) is 2.88. The largest absolute Gasteiger partial charge is 0.340 e. The van der Waals surface area contributed by atoms with Gasteiger partial charge in [-0.3, -0.25) is 9.59 Å². The Morgan fingerprint density at radius 3 is 1.00 bits per heavy atom. The quantitative estimate of drug-likeness (QED) is 0.209. The number of alkyl halides is 4. The van der Waals surface area contributed by atoms with Crippen molar-refractivity contribution >= 4 is 58.2 Å². The van der Waals surface area contributed by atoms with E-state index in [2.05, 4.69) is 0 Å². The Labute approximate surface area is 184 Å². The van der Waals surface area contributed by atoms with Gasteiger partial charge in [-0.25, -0.2) is 0 Å². The Bertz CT molecular complexity index is 341. The van der Waals surface area contributed by atoms with Crippen molar-refractivity contribution in [3.05, 3.63) is 0 Å². The van der Waals surface area contributed by atoms with Crippen LogP contribution in [0.1, 0.15) is 57.8 Å². The Balaban J connectivity index is 3.66. The SMILES string of the molecule is O=C(CCCCCCCCCC(=O)N(CCCl)CCCl)N(CCCl)CCCl. The zero-order chi connectivity index (χ0) is 20.3. The van der Waals surface area contributed by atoms with E-state index in [1.54, 1.807) is 9.80 Å². The molecule has 0 aliphatic heterocycles. The molecule has 0 saturated carbocycles. The lowest BCUT2D eigenvalue weighted by Gasteiger charge is -2.20. The highest BCUT2D eigenvalue weighted by atomic mass is 35.5. The van der Waals surface area contributed by atoms with Crippen LogP contribution in [0, 0.1) is 0 Å². The zero-order valence-electron chi connectivity index (χ0n) is 16.2.